The summed E-state index contributed by atoms with van der Waals surface area (Å²) in [5.41, 5.74) is 5.41. The van der Waals surface area contributed by atoms with Crippen molar-refractivity contribution in [3.8, 4) is 0 Å². The van der Waals surface area contributed by atoms with Crippen molar-refractivity contribution >= 4 is 17.1 Å². The maximum atomic E-state index is 13.0. The van der Waals surface area contributed by atoms with Crippen LogP contribution in [-0.2, 0) is 11.1 Å². The van der Waals surface area contributed by atoms with Gasteiger partial charge in [-0.3, -0.25) is 10.1 Å². The zero-order chi connectivity index (χ0) is 29.3. The predicted octanol–water partition coefficient (Wildman–Crippen LogP) is 8.52. The molecule has 0 N–H and O–H groups in total. The summed E-state index contributed by atoms with van der Waals surface area (Å²) in [4.78, 5) is 17.3. The van der Waals surface area contributed by atoms with E-state index >= 15 is 0 Å². The van der Waals surface area contributed by atoms with Crippen molar-refractivity contribution in [3.05, 3.63) is 171 Å². The van der Waals surface area contributed by atoms with Crippen LogP contribution in [-0.4, -0.2) is 18.0 Å². The highest BCUT2D eigenvalue weighted by Crippen LogP contribution is 2.56. The quantitative estimate of drug-likeness (QED) is 0.110. The van der Waals surface area contributed by atoms with Crippen LogP contribution in [0.25, 0.3) is 0 Å². The fraction of sp³-hybridized carbons (Fsp3) is 0.189. The van der Waals surface area contributed by atoms with Gasteiger partial charge >= 0.3 is 0 Å². The van der Waals surface area contributed by atoms with Gasteiger partial charge in [0.25, 0.3) is 5.69 Å². The molecule has 42 heavy (non-hydrogen) atoms. The maximum absolute atomic E-state index is 13.0. The first kappa shape index (κ1) is 27.3. The predicted molar refractivity (Wildman–Crippen MR) is 171 cm³/mol. The van der Waals surface area contributed by atoms with Gasteiger partial charge in [-0.25, -0.2) is 0 Å². The third kappa shape index (κ3) is 3.99. The molecule has 0 saturated carbocycles. The van der Waals surface area contributed by atoms with Crippen molar-refractivity contribution in [2.45, 2.75) is 31.8 Å². The Kier molecular flexibility index (Phi) is 7.03. The molecule has 0 radical (unpaired) electrons. The molecular formula is C37H35N3O2. The lowest BCUT2D eigenvalue weighted by atomic mass is 9.65. The van der Waals surface area contributed by atoms with E-state index in [-0.39, 0.29) is 10.6 Å². The minimum absolute atomic E-state index is 0.120. The van der Waals surface area contributed by atoms with E-state index in [0.29, 0.717) is 18.8 Å². The second kappa shape index (κ2) is 10.8. The zero-order valence-electron chi connectivity index (χ0n) is 24.3. The summed E-state index contributed by atoms with van der Waals surface area (Å²) < 4.78 is 0. The van der Waals surface area contributed by atoms with Crippen LogP contribution >= 0.6 is 0 Å². The molecule has 6 rings (SSSR count). The van der Waals surface area contributed by atoms with Crippen LogP contribution < -0.4 is 9.80 Å². The Labute approximate surface area is 247 Å². The lowest BCUT2D eigenvalue weighted by Gasteiger charge is -2.43. The number of hydrogen-bond acceptors (Lipinski definition) is 4. The van der Waals surface area contributed by atoms with Gasteiger partial charge in [0.2, 0.25) is 0 Å². The molecule has 0 bridgehead atoms. The van der Waals surface area contributed by atoms with Gasteiger partial charge in [-0.05, 0) is 54.7 Å². The van der Waals surface area contributed by atoms with Crippen LogP contribution in [0.3, 0.4) is 0 Å². The van der Waals surface area contributed by atoms with Gasteiger partial charge in [0.1, 0.15) is 11.4 Å². The molecule has 0 aromatic heterocycles. The van der Waals surface area contributed by atoms with Gasteiger partial charge in [-0.1, -0.05) is 121 Å². The van der Waals surface area contributed by atoms with E-state index < -0.39 is 11.1 Å². The van der Waals surface area contributed by atoms with Crippen molar-refractivity contribution < 1.29 is 4.92 Å². The monoisotopic (exact) mass is 553 g/mol. The molecule has 0 amide bonds. The number of rotatable bonds is 8. The fourth-order valence-electron chi connectivity index (χ4n) is 7.11. The third-order valence-corrected chi connectivity index (χ3v) is 8.88. The van der Waals surface area contributed by atoms with Gasteiger partial charge < -0.3 is 9.80 Å². The number of nitro benzene ring substituents is 1. The van der Waals surface area contributed by atoms with Crippen molar-refractivity contribution in [3.63, 3.8) is 0 Å². The van der Waals surface area contributed by atoms with Crippen molar-refractivity contribution in [2.75, 3.05) is 22.9 Å². The van der Waals surface area contributed by atoms with E-state index in [2.05, 4.69) is 85.2 Å². The summed E-state index contributed by atoms with van der Waals surface area (Å²) in [6, 6.07) is 45.4. The molecule has 0 spiro atoms. The Morgan fingerprint density at radius 2 is 1.07 bits per heavy atom. The average Bonchev–Trinajstić information content (AvgIpc) is 3.30. The summed E-state index contributed by atoms with van der Waals surface area (Å²) in [6.07, 6.45) is 0. The molecule has 5 heteroatoms. The molecule has 5 aromatic rings. The number of fused-ring (bicyclic) bond motifs is 1. The molecule has 210 valence electrons. The lowest BCUT2D eigenvalue weighted by molar-refractivity contribution is -0.384. The van der Waals surface area contributed by atoms with Crippen LogP contribution in [0.4, 0.5) is 17.1 Å². The van der Waals surface area contributed by atoms with Crippen LogP contribution in [0.15, 0.2) is 133 Å². The molecule has 5 nitrogen and oxygen atoms in total. The molecule has 5 aromatic carbocycles. The first-order valence-corrected chi connectivity index (χ1v) is 14.6. The summed E-state index contributed by atoms with van der Waals surface area (Å²) in [7, 11) is 0. The highest BCUT2D eigenvalue weighted by molar-refractivity contribution is 5.89. The summed E-state index contributed by atoms with van der Waals surface area (Å²) in [5, 5.41) is 13.0. The Hall–Kier alpha value is -4.90. The van der Waals surface area contributed by atoms with Gasteiger partial charge in [-0.2, -0.15) is 0 Å². The van der Waals surface area contributed by atoms with Crippen LogP contribution in [0.2, 0.25) is 0 Å². The summed E-state index contributed by atoms with van der Waals surface area (Å²) >= 11 is 0. The number of anilines is 2. The summed E-state index contributed by atoms with van der Waals surface area (Å²) in [5.74, 6) is 0. The standard InChI is InChI=1S/C37H35N3O2/c1-4-38-33-26-32(27-34(40(41)42)35(33)39(5-2)36(38,3)28-18-10-6-11-19-28)37(29-20-12-7-13-21-29,30-22-14-8-15-23-30)31-24-16-9-17-25-31/h6-27H,4-5H2,1-3H3. The van der Waals surface area contributed by atoms with E-state index in [0.717, 1.165) is 33.5 Å². The average molecular weight is 554 g/mol. The van der Waals surface area contributed by atoms with E-state index in [1.54, 1.807) is 0 Å². The highest BCUT2D eigenvalue weighted by Gasteiger charge is 2.51. The SMILES string of the molecule is CCN1c2cc(C(c3ccccc3)(c3ccccc3)c3ccccc3)cc([N+](=O)[O-])c2N(CC)C1(C)c1ccccc1. The molecule has 1 heterocycles. The van der Waals surface area contributed by atoms with Gasteiger partial charge in [-0.15, -0.1) is 0 Å². The zero-order valence-corrected chi connectivity index (χ0v) is 24.3. The molecule has 1 atom stereocenters. The second-order valence-electron chi connectivity index (χ2n) is 10.8. The fourth-order valence-corrected chi connectivity index (χ4v) is 7.11. The van der Waals surface area contributed by atoms with E-state index in [4.69, 9.17) is 0 Å². The molecule has 1 aliphatic rings. The van der Waals surface area contributed by atoms with E-state index in [9.17, 15) is 10.1 Å². The number of hydrogen-bond donors (Lipinski definition) is 0. The van der Waals surface area contributed by atoms with Crippen molar-refractivity contribution in [1.29, 1.82) is 0 Å². The maximum Gasteiger partial charge on any atom is 0.295 e. The minimum atomic E-state index is -0.786. The Morgan fingerprint density at radius 3 is 1.48 bits per heavy atom. The molecule has 1 unspecified atom stereocenters. The van der Waals surface area contributed by atoms with Crippen molar-refractivity contribution in [2.24, 2.45) is 0 Å². The lowest BCUT2D eigenvalue weighted by Crippen LogP contribution is -2.52. The van der Waals surface area contributed by atoms with E-state index in [1.165, 1.54) is 0 Å². The number of benzene rings is 5. The Morgan fingerprint density at radius 1 is 0.643 bits per heavy atom. The Balaban J connectivity index is 1.74. The van der Waals surface area contributed by atoms with Gasteiger partial charge in [0.05, 0.1) is 16.0 Å². The Bertz CT molecular complexity index is 1590. The van der Waals surface area contributed by atoms with Crippen molar-refractivity contribution in [1.82, 2.24) is 0 Å². The molecule has 1 aliphatic heterocycles. The second-order valence-corrected chi connectivity index (χ2v) is 10.8. The third-order valence-electron chi connectivity index (χ3n) is 8.88. The summed E-state index contributed by atoms with van der Waals surface area (Å²) in [6.45, 7) is 7.68. The van der Waals surface area contributed by atoms with Crippen LogP contribution in [0.1, 0.15) is 48.6 Å². The largest absolute Gasteiger partial charge is 0.343 e. The first-order valence-electron chi connectivity index (χ1n) is 14.6. The van der Waals surface area contributed by atoms with Crippen LogP contribution in [0, 0.1) is 10.1 Å². The normalized spacial score (nSPS) is 16.4. The number of nitro groups is 1. The smallest absolute Gasteiger partial charge is 0.295 e. The molecular weight excluding hydrogens is 518 g/mol. The van der Waals surface area contributed by atoms with Crippen LogP contribution in [0.5, 0.6) is 0 Å². The molecule has 0 fully saturated rings. The van der Waals surface area contributed by atoms with Gasteiger partial charge in [0.15, 0.2) is 0 Å². The highest BCUT2D eigenvalue weighted by atomic mass is 16.6. The first-order chi connectivity index (χ1) is 20.5. The number of nitrogens with zero attached hydrogens (tertiary/aromatic N) is 3. The van der Waals surface area contributed by atoms with Gasteiger partial charge in [0, 0.05) is 19.2 Å². The molecule has 0 aliphatic carbocycles. The minimum Gasteiger partial charge on any atom is -0.343 e. The topological polar surface area (TPSA) is 49.6 Å². The molecule has 0 saturated heterocycles. The van der Waals surface area contributed by atoms with E-state index in [1.807, 2.05) is 78.9 Å².